The molecule has 1 aromatic carbocycles. The third-order valence-electron chi connectivity index (χ3n) is 5.80. The van der Waals surface area contributed by atoms with Gasteiger partial charge in [0.2, 0.25) is 0 Å². The lowest BCUT2D eigenvalue weighted by atomic mass is 10.1. The van der Waals surface area contributed by atoms with Gasteiger partial charge >= 0.3 is 0 Å². The first-order chi connectivity index (χ1) is 13.0. The average molecular weight is 367 g/mol. The van der Waals surface area contributed by atoms with Gasteiger partial charge in [-0.3, -0.25) is 9.59 Å². The first-order valence-corrected chi connectivity index (χ1v) is 9.43. The summed E-state index contributed by atoms with van der Waals surface area (Å²) >= 11 is 0. The number of amides is 2. The minimum Gasteiger partial charge on any atom is -0.493 e. The number of rotatable bonds is 2. The fourth-order valence-electron chi connectivity index (χ4n) is 3.86. The first kappa shape index (κ1) is 17.6. The summed E-state index contributed by atoms with van der Waals surface area (Å²) in [6.07, 6.45) is 0.856. The predicted molar refractivity (Wildman–Crippen MR) is 102 cm³/mol. The Hall–Kier alpha value is -2.76. The molecule has 1 saturated heterocycles. The van der Waals surface area contributed by atoms with Crippen LogP contribution in [0.5, 0.6) is 5.75 Å². The molecule has 0 atom stereocenters. The van der Waals surface area contributed by atoms with Crippen LogP contribution >= 0.6 is 0 Å². The van der Waals surface area contributed by atoms with Gasteiger partial charge in [-0.1, -0.05) is 0 Å². The molecule has 0 aliphatic carbocycles. The van der Waals surface area contributed by atoms with Crippen molar-refractivity contribution in [1.29, 1.82) is 0 Å². The Morgan fingerprint density at radius 1 is 0.963 bits per heavy atom. The highest BCUT2D eigenvalue weighted by Gasteiger charge is 2.27. The van der Waals surface area contributed by atoms with E-state index in [1.807, 2.05) is 59.5 Å². The molecule has 1 fully saturated rings. The quantitative estimate of drug-likeness (QED) is 0.818. The third-order valence-corrected chi connectivity index (χ3v) is 5.80. The van der Waals surface area contributed by atoms with Gasteiger partial charge < -0.3 is 19.1 Å². The molecular formula is C21H25N3O3. The largest absolute Gasteiger partial charge is 0.493 e. The second kappa shape index (κ2) is 6.76. The molecule has 0 spiro atoms. The van der Waals surface area contributed by atoms with Gasteiger partial charge in [0.25, 0.3) is 11.8 Å². The van der Waals surface area contributed by atoms with Crippen LogP contribution in [0.15, 0.2) is 24.3 Å². The van der Waals surface area contributed by atoms with Gasteiger partial charge in [-0.25, -0.2) is 0 Å². The van der Waals surface area contributed by atoms with Crippen LogP contribution in [0.1, 0.15) is 37.7 Å². The zero-order valence-electron chi connectivity index (χ0n) is 16.1. The van der Waals surface area contributed by atoms with Crippen molar-refractivity contribution >= 4 is 11.8 Å². The van der Waals surface area contributed by atoms with Crippen molar-refractivity contribution in [2.24, 2.45) is 7.05 Å². The number of nitrogens with zero attached hydrogens (tertiary/aromatic N) is 3. The number of hydrogen-bond donors (Lipinski definition) is 0. The van der Waals surface area contributed by atoms with Crippen molar-refractivity contribution < 1.29 is 14.3 Å². The van der Waals surface area contributed by atoms with Crippen molar-refractivity contribution in [3.05, 3.63) is 52.3 Å². The van der Waals surface area contributed by atoms with Gasteiger partial charge in [0.15, 0.2) is 0 Å². The molecular weight excluding hydrogens is 342 g/mol. The van der Waals surface area contributed by atoms with Crippen LogP contribution in [0.3, 0.4) is 0 Å². The maximum absolute atomic E-state index is 12.9. The number of carbonyl (C=O) groups is 2. The highest BCUT2D eigenvalue weighted by molar-refractivity contribution is 5.97. The molecule has 0 unspecified atom stereocenters. The molecule has 142 valence electrons. The minimum absolute atomic E-state index is 0.0311. The molecule has 0 bridgehead atoms. The van der Waals surface area contributed by atoms with Crippen molar-refractivity contribution in [1.82, 2.24) is 14.4 Å². The van der Waals surface area contributed by atoms with Crippen LogP contribution < -0.4 is 4.74 Å². The van der Waals surface area contributed by atoms with Gasteiger partial charge in [0.05, 0.1) is 12.2 Å². The van der Waals surface area contributed by atoms with E-state index >= 15 is 0 Å². The molecule has 2 amide bonds. The van der Waals surface area contributed by atoms with E-state index in [0.717, 1.165) is 34.7 Å². The number of benzene rings is 1. The molecule has 1 aromatic heterocycles. The monoisotopic (exact) mass is 367 g/mol. The normalized spacial score (nSPS) is 16.3. The molecule has 2 aromatic rings. The standard InChI is InChI=1S/C21H25N3O3/c1-14-12-18(15(2)22(14)3)21(26)24-9-7-23(8-10-24)20(25)17-4-5-19-16(13-17)6-11-27-19/h4-5,12-13H,6-11H2,1-3H3. The third kappa shape index (κ3) is 3.09. The summed E-state index contributed by atoms with van der Waals surface area (Å²) in [6, 6.07) is 7.61. The van der Waals surface area contributed by atoms with Crippen LogP contribution in [0.25, 0.3) is 0 Å². The van der Waals surface area contributed by atoms with Gasteiger partial charge in [0.1, 0.15) is 5.75 Å². The lowest BCUT2D eigenvalue weighted by Crippen LogP contribution is -2.50. The topological polar surface area (TPSA) is 54.8 Å². The number of fused-ring (bicyclic) bond motifs is 1. The molecule has 0 N–H and O–H groups in total. The number of ether oxygens (including phenoxy) is 1. The number of carbonyl (C=O) groups excluding carboxylic acids is 2. The van der Waals surface area contributed by atoms with Gasteiger partial charge in [-0.2, -0.15) is 0 Å². The van der Waals surface area contributed by atoms with Gasteiger partial charge in [-0.05, 0) is 43.7 Å². The summed E-state index contributed by atoms with van der Waals surface area (Å²) in [7, 11) is 1.97. The molecule has 6 nitrogen and oxygen atoms in total. The van der Waals surface area contributed by atoms with Crippen molar-refractivity contribution in [2.75, 3.05) is 32.8 Å². The molecule has 2 aliphatic rings. The summed E-state index contributed by atoms with van der Waals surface area (Å²) < 4.78 is 7.54. The number of piperazine rings is 1. The summed E-state index contributed by atoms with van der Waals surface area (Å²) in [6.45, 7) is 6.90. The van der Waals surface area contributed by atoms with Crippen LogP contribution in [-0.2, 0) is 13.5 Å². The molecule has 27 heavy (non-hydrogen) atoms. The second-order valence-corrected chi connectivity index (χ2v) is 7.35. The highest BCUT2D eigenvalue weighted by Crippen LogP contribution is 2.26. The molecule has 0 radical (unpaired) electrons. The SMILES string of the molecule is Cc1cc(C(=O)N2CCN(C(=O)c3ccc4c(c3)CCO4)CC2)c(C)n1C. The van der Waals surface area contributed by atoms with E-state index < -0.39 is 0 Å². The first-order valence-electron chi connectivity index (χ1n) is 9.43. The Morgan fingerprint density at radius 2 is 1.63 bits per heavy atom. The number of hydrogen-bond acceptors (Lipinski definition) is 3. The smallest absolute Gasteiger partial charge is 0.255 e. The molecule has 2 aliphatic heterocycles. The Kier molecular flexibility index (Phi) is 4.42. The lowest BCUT2D eigenvalue weighted by Gasteiger charge is -2.35. The number of aromatic nitrogens is 1. The summed E-state index contributed by atoms with van der Waals surface area (Å²) in [5, 5.41) is 0. The second-order valence-electron chi connectivity index (χ2n) is 7.35. The van der Waals surface area contributed by atoms with E-state index in [9.17, 15) is 9.59 Å². The summed E-state index contributed by atoms with van der Waals surface area (Å²) in [5.74, 6) is 0.969. The Bertz CT molecular complexity index is 908. The zero-order valence-corrected chi connectivity index (χ0v) is 16.1. The minimum atomic E-state index is 0.0311. The van der Waals surface area contributed by atoms with E-state index in [1.54, 1.807) is 0 Å². The molecule has 3 heterocycles. The Balaban J connectivity index is 1.42. The molecule has 6 heteroatoms. The summed E-state index contributed by atoms with van der Waals surface area (Å²) in [4.78, 5) is 29.4. The average Bonchev–Trinajstić information content (AvgIpc) is 3.26. The Morgan fingerprint density at radius 3 is 2.26 bits per heavy atom. The van der Waals surface area contributed by atoms with E-state index in [4.69, 9.17) is 4.74 Å². The van der Waals surface area contributed by atoms with E-state index in [-0.39, 0.29) is 11.8 Å². The van der Waals surface area contributed by atoms with E-state index in [0.29, 0.717) is 38.3 Å². The van der Waals surface area contributed by atoms with Crippen molar-refractivity contribution in [2.45, 2.75) is 20.3 Å². The lowest BCUT2D eigenvalue weighted by molar-refractivity contribution is 0.0535. The van der Waals surface area contributed by atoms with Crippen LogP contribution in [0, 0.1) is 13.8 Å². The van der Waals surface area contributed by atoms with Crippen molar-refractivity contribution in [3.63, 3.8) is 0 Å². The molecule has 4 rings (SSSR count). The molecule has 0 saturated carbocycles. The predicted octanol–water partition coefficient (Wildman–Crippen LogP) is 2.18. The fraction of sp³-hybridized carbons (Fsp3) is 0.429. The maximum atomic E-state index is 12.9. The van der Waals surface area contributed by atoms with E-state index in [1.165, 1.54) is 0 Å². The van der Waals surface area contributed by atoms with Crippen LogP contribution in [0.4, 0.5) is 0 Å². The van der Waals surface area contributed by atoms with Crippen LogP contribution in [0.2, 0.25) is 0 Å². The van der Waals surface area contributed by atoms with Crippen molar-refractivity contribution in [3.8, 4) is 5.75 Å². The highest BCUT2D eigenvalue weighted by atomic mass is 16.5. The fourth-order valence-corrected chi connectivity index (χ4v) is 3.86. The van der Waals surface area contributed by atoms with Gasteiger partial charge in [-0.15, -0.1) is 0 Å². The maximum Gasteiger partial charge on any atom is 0.255 e. The Labute approximate surface area is 159 Å². The summed E-state index contributed by atoms with van der Waals surface area (Å²) in [5.41, 5.74) is 4.62. The van der Waals surface area contributed by atoms with E-state index in [2.05, 4.69) is 0 Å². The van der Waals surface area contributed by atoms with Crippen LogP contribution in [-0.4, -0.2) is 59.0 Å². The zero-order chi connectivity index (χ0) is 19.1. The van der Waals surface area contributed by atoms with Gasteiger partial charge in [0, 0.05) is 56.6 Å². The number of aryl methyl sites for hydroxylation is 1.